The molecule has 1 aliphatic carbocycles. The van der Waals surface area contributed by atoms with Crippen molar-refractivity contribution in [3.63, 3.8) is 0 Å². The summed E-state index contributed by atoms with van der Waals surface area (Å²) >= 11 is 1.79. The molecule has 2 heterocycles. The molecule has 2 aliphatic rings. The molecule has 5 heteroatoms. The Morgan fingerprint density at radius 1 is 1.33 bits per heavy atom. The van der Waals surface area contributed by atoms with Gasteiger partial charge in [-0.25, -0.2) is 4.99 Å². The normalized spacial score (nSPS) is 25.4. The van der Waals surface area contributed by atoms with Crippen LogP contribution in [0.3, 0.4) is 0 Å². The van der Waals surface area contributed by atoms with Crippen LogP contribution in [0.1, 0.15) is 37.5 Å². The highest BCUT2D eigenvalue weighted by Crippen LogP contribution is 2.35. The van der Waals surface area contributed by atoms with Gasteiger partial charge in [0, 0.05) is 24.5 Å². The Morgan fingerprint density at radius 3 is 2.62 bits per heavy atom. The molecule has 1 saturated carbocycles. The van der Waals surface area contributed by atoms with Gasteiger partial charge in [0.2, 0.25) is 0 Å². The monoisotopic (exact) mass is 419 g/mol. The van der Waals surface area contributed by atoms with Gasteiger partial charge in [0.1, 0.15) is 0 Å². The SMILES string of the molecule is CCNC(=NCc1cccs1)N1CC2CCCCC2C1.I. The van der Waals surface area contributed by atoms with Crippen LogP contribution < -0.4 is 5.32 Å². The van der Waals surface area contributed by atoms with Gasteiger partial charge in [0.05, 0.1) is 6.54 Å². The van der Waals surface area contributed by atoms with Crippen molar-refractivity contribution in [1.82, 2.24) is 10.2 Å². The molecule has 1 saturated heterocycles. The Morgan fingerprint density at radius 2 is 2.05 bits per heavy atom. The second-order valence-corrected chi connectivity index (χ2v) is 6.99. The van der Waals surface area contributed by atoms with Crippen molar-refractivity contribution in [2.45, 2.75) is 39.2 Å². The zero-order chi connectivity index (χ0) is 13.8. The number of hydrogen-bond acceptors (Lipinski definition) is 2. The molecule has 1 N–H and O–H groups in total. The lowest BCUT2D eigenvalue weighted by atomic mass is 9.82. The second kappa shape index (κ2) is 8.36. The highest BCUT2D eigenvalue weighted by molar-refractivity contribution is 14.0. The Kier molecular flexibility index (Phi) is 6.79. The summed E-state index contributed by atoms with van der Waals surface area (Å²) in [6.45, 7) is 6.34. The Labute approximate surface area is 149 Å². The van der Waals surface area contributed by atoms with Crippen molar-refractivity contribution < 1.29 is 0 Å². The summed E-state index contributed by atoms with van der Waals surface area (Å²) in [6.07, 6.45) is 5.70. The average molecular weight is 419 g/mol. The van der Waals surface area contributed by atoms with Gasteiger partial charge in [-0.15, -0.1) is 35.3 Å². The fourth-order valence-electron chi connectivity index (χ4n) is 3.56. The predicted octanol–water partition coefficient (Wildman–Crippen LogP) is 3.95. The molecule has 0 amide bonds. The summed E-state index contributed by atoms with van der Waals surface area (Å²) in [5.41, 5.74) is 0. The molecule has 2 atom stereocenters. The van der Waals surface area contributed by atoms with Gasteiger partial charge < -0.3 is 10.2 Å². The first-order chi connectivity index (χ1) is 9.86. The molecule has 1 aromatic rings. The third-order valence-corrected chi connectivity index (χ3v) is 5.44. The van der Waals surface area contributed by atoms with Crippen LogP contribution in [0.4, 0.5) is 0 Å². The first kappa shape index (κ1) is 17.1. The largest absolute Gasteiger partial charge is 0.357 e. The van der Waals surface area contributed by atoms with Crippen LogP contribution in [0.15, 0.2) is 22.5 Å². The number of rotatable bonds is 3. The summed E-state index contributed by atoms with van der Waals surface area (Å²) in [5, 5.41) is 5.60. The van der Waals surface area contributed by atoms with E-state index < -0.39 is 0 Å². The fraction of sp³-hybridized carbons (Fsp3) is 0.688. The Bertz CT molecular complexity index is 432. The summed E-state index contributed by atoms with van der Waals surface area (Å²) in [5.74, 6) is 2.94. The third kappa shape index (κ3) is 4.34. The minimum atomic E-state index is 0. The number of likely N-dealkylation sites (tertiary alicyclic amines) is 1. The zero-order valence-corrected chi connectivity index (χ0v) is 15.9. The number of hydrogen-bond donors (Lipinski definition) is 1. The van der Waals surface area contributed by atoms with Crippen LogP contribution in [0.5, 0.6) is 0 Å². The number of thiophene rings is 1. The average Bonchev–Trinajstić information content (AvgIpc) is 3.12. The van der Waals surface area contributed by atoms with E-state index in [1.807, 2.05) is 0 Å². The predicted molar refractivity (Wildman–Crippen MR) is 102 cm³/mol. The summed E-state index contributed by atoms with van der Waals surface area (Å²) in [7, 11) is 0. The van der Waals surface area contributed by atoms with E-state index in [4.69, 9.17) is 4.99 Å². The van der Waals surface area contributed by atoms with Crippen LogP contribution in [0, 0.1) is 11.8 Å². The maximum Gasteiger partial charge on any atom is 0.194 e. The summed E-state index contributed by atoms with van der Waals surface area (Å²) in [4.78, 5) is 8.68. The van der Waals surface area contributed by atoms with Crippen LogP contribution in [-0.2, 0) is 6.54 Å². The smallest absolute Gasteiger partial charge is 0.194 e. The maximum absolute atomic E-state index is 4.84. The Balaban J connectivity index is 0.00000161. The molecule has 1 aliphatic heterocycles. The lowest BCUT2D eigenvalue weighted by Gasteiger charge is -2.22. The van der Waals surface area contributed by atoms with Crippen molar-refractivity contribution in [2.24, 2.45) is 16.8 Å². The van der Waals surface area contributed by atoms with E-state index in [1.54, 1.807) is 11.3 Å². The van der Waals surface area contributed by atoms with Crippen molar-refractivity contribution in [1.29, 1.82) is 0 Å². The number of nitrogens with one attached hydrogen (secondary N) is 1. The van der Waals surface area contributed by atoms with Gasteiger partial charge in [-0.2, -0.15) is 0 Å². The molecule has 0 spiro atoms. The molecule has 3 rings (SSSR count). The lowest BCUT2D eigenvalue weighted by Crippen LogP contribution is -2.40. The molecule has 3 nitrogen and oxygen atoms in total. The van der Waals surface area contributed by atoms with Gasteiger partial charge in [0.25, 0.3) is 0 Å². The van der Waals surface area contributed by atoms with Gasteiger partial charge in [-0.05, 0) is 43.0 Å². The fourth-order valence-corrected chi connectivity index (χ4v) is 4.19. The number of halogens is 1. The third-order valence-electron chi connectivity index (χ3n) is 4.58. The highest BCUT2D eigenvalue weighted by Gasteiger charge is 2.35. The molecule has 118 valence electrons. The van der Waals surface area contributed by atoms with E-state index in [0.29, 0.717) is 0 Å². The van der Waals surface area contributed by atoms with E-state index in [2.05, 4.69) is 34.7 Å². The summed E-state index contributed by atoms with van der Waals surface area (Å²) in [6, 6.07) is 4.27. The zero-order valence-electron chi connectivity index (χ0n) is 12.8. The van der Waals surface area contributed by atoms with E-state index in [9.17, 15) is 0 Å². The van der Waals surface area contributed by atoms with Gasteiger partial charge >= 0.3 is 0 Å². The van der Waals surface area contributed by atoms with Gasteiger partial charge in [0.15, 0.2) is 5.96 Å². The first-order valence-corrected chi connectivity index (χ1v) is 8.80. The van der Waals surface area contributed by atoms with Gasteiger partial charge in [-0.1, -0.05) is 18.9 Å². The van der Waals surface area contributed by atoms with Crippen LogP contribution in [0.25, 0.3) is 0 Å². The minimum Gasteiger partial charge on any atom is -0.357 e. The molecular formula is C16H26IN3S. The van der Waals surface area contributed by atoms with E-state index in [-0.39, 0.29) is 24.0 Å². The molecule has 2 fully saturated rings. The topological polar surface area (TPSA) is 27.6 Å². The first-order valence-electron chi connectivity index (χ1n) is 7.92. The van der Waals surface area contributed by atoms with Crippen molar-refractivity contribution in [3.8, 4) is 0 Å². The van der Waals surface area contributed by atoms with Gasteiger partial charge in [-0.3, -0.25) is 0 Å². The van der Waals surface area contributed by atoms with Crippen LogP contribution in [-0.4, -0.2) is 30.5 Å². The molecule has 0 radical (unpaired) electrons. The maximum atomic E-state index is 4.84. The van der Waals surface area contributed by atoms with E-state index >= 15 is 0 Å². The number of guanidine groups is 1. The number of nitrogens with zero attached hydrogens (tertiary/aromatic N) is 2. The molecule has 0 aromatic carbocycles. The molecule has 0 bridgehead atoms. The van der Waals surface area contributed by atoms with Crippen LogP contribution >= 0.6 is 35.3 Å². The standard InChI is InChI=1S/C16H25N3S.HI/c1-2-17-16(18-10-15-8-5-9-20-15)19-11-13-6-3-4-7-14(13)12-19;/h5,8-9,13-14H,2-4,6-7,10-12H2,1H3,(H,17,18);1H. The number of aliphatic imine (C=N–C) groups is 1. The lowest BCUT2D eigenvalue weighted by molar-refractivity contribution is 0.299. The highest BCUT2D eigenvalue weighted by atomic mass is 127. The quantitative estimate of drug-likeness (QED) is 0.457. The minimum absolute atomic E-state index is 0. The second-order valence-electron chi connectivity index (χ2n) is 5.96. The molecule has 2 unspecified atom stereocenters. The Hall–Kier alpha value is -0.300. The molecule has 1 aromatic heterocycles. The summed E-state index contributed by atoms with van der Waals surface area (Å²) < 4.78 is 0. The molecular weight excluding hydrogens is 393 g/mol. The van der Waals surface area contributed by atoms with Crippen molar-refractivity contribution in [3.05, 3.63) is 22.4 Å². The van der Waals surface area contributed by atoms with E-state index in [1.165, 1.54) is 43.6 Å². The molecule has 21 heavy (non-hydrogen) atoms. The van der Waals surface area contributed by atoms with Crippen molar-refractivity contribution >= 4 is 41.3 Å². The van der Waals surface area contributed by atoms with E-state index in [0.717, 1.165) is 30.9 Å². The van der Waals surface area contributed by atoms with Crippen molar-refractivity contribution in [2.75, 3.05) is 19.6 Å². The van der Waals surface area contributed by atoms with Crippen LogP contribution in [0.2, 0.25) is 0 Å². The number of fused-ring (bicyclic) bond motifs is 1.